The van der Waals surface area contributed by atoms with E-state index in [4.69, 9.17) is 0 Å². The molecule has 0 aliphatic carbocycles. The standard InChI is InChI=1S/C11H23FN2/c1-2-9-14(10-3-6-12)11-4-7-13-8-5-11/h11,13H,2-10H2,1H3. The number of rotatable bonds is 6. The summed E-state index contributed by atoms with van der Waals surface area (Å²) < 4.78 is 12.1. The van der Waals surface area contributed by atoms with Crippen molar-refractivity contribution in [3.05, 3.63) is 0 Å². The number of nitrogens with zero attached hydrogens (tertiary/aromatic N) is 1. The zero-order chi connectivity index (χ0) is 10.2. The maximum Gasteiger partial charge on any atom is 0.0906 e. The van der Waals surface area contributed by atoms with E-state index in [1.54, 1.807) is 0 Å². The van der Waals surface area contributed by atoms with Crippen LogP contribution < -0.4 is 5.32 Å². The summed E-state index contributed by atoms with van der Waals surface area (Å²) in [5, 5.41) is 3.37. The van der Waals surface area contributed by atoms with E-state index in [1.807, 2.05) is 0 Å². The van der Waals surface area contributed by atoms with Gasteiger partial charge in [0.15, 0.2) is 0 Å². The molecular formula is C11H23FN2. The largest absolute Gasteiger partial charge is 0.317 e. The Morgan fingerprint density at radius 2 is 2.00 bits per heavy atom. The number of halogens is 1. The molecule has 1 N–H and O–H groups in total. The van der Waals surface area contributed by atoms with Crippen molar-refractivity contribution in [2.75, 3.05) is 32.9 Å². The van der Waals surface area contributed by atoms with E-state index in [0.29, 0.717) is 12.5 Å². The van der Waals surface area contributed by atoms with Crippen LogP contribution in [-0.4, -0.2) is 43.8 Å². The number of hydrogen-bond acceptors (Lipinski definition) is 2. The fourth-order valence-corrected chi connectivity index (χ4v) is 2.20. The van der Waals surface area contributed by atoms with Crippen LogP contribution in [0.3, 0.4) is 0 Å². The molecule has 0 amide bonds. The minimum absolute atomic E-state index is 0.175. The van der Waals surface area contributed by atoms with E-state index in [0.717, 1.165) is 26.2 Å². The molecule has 1 aliphatic heterocycles. The van der Waals surface area contributed by atoms with Crippen LogP contribution in [0.25, 0.3) is 0 Å². The van der Waals surface area contributed by atoms with Gasteiger partial charge in [0.05, 0.1) is 6.67 Å². The summed E-state index contributed by atoms with van der Waals surface area (Å²) in [7, 11) is 0. The lowest BCUT2D eigenvalue weighted by Gasteiger charge is -2.34. The Hall–Kier alpha value is -0.150. The Bertz CT molecular complexity index is 135. The van der Waals surface area contributed by atoms with Gasteiger partial charge in [-0.2, -0.15) is 0 Å². The highest BCUT2D eigenvalue weighted by molar-refractivity contribution is 4.77. The second-order valence-electron chi connectivity index (χ2n) is 4.06. The van der Waals surface area contributed by atoms with E-state index in [2.05, 4.69) is 17.1 Å². The highest BCUT2D eigenvalue weighted by Crippen LogP contribution is 2.12. The van der Waals surface area contributed by atoms with Crippen molar-refractivity contribution in [1.29, 1.82) is 0 Å². The predicted octanol–water partition coefficient (Wildman–Crippen LogP) is 1.81. The Labute approximate surface area is 86.9 Å². The van der Waals surface area contributed by atoms with Crippen LogP contribution in [0, 0.1) is 0 Å². The van der Waals surface area contributed by atoms with Gasteiger partial charge in [-0.1, -0.05) is 6.92 Å². The Morgan fingerprint density at radius 3 is 2.57 bits per heavy atom. The summed E-state index contributed by atoms with van der Waals surface area (Å²) in [6, 6.07) is 0.697. The van der Waals surface area contributed by atoms with Crippen LogP contribution in [0.4, 0.5) is 4.39 Å². The zero-order valence-electron chi connectivity index (χ0n) is 9.27. The molecule has 1 rings (SSSR count). The number of hydrogen-bond donors (Lipinski definition) is 1. The fourth-order valence-electron chi connectivity index (χ4n) is 2.20. The highest BCUT2D eigenvalue weighted by atomic mass is 19.1. The molecule has 0 aromatic heterocycles. The third-order valence-corrected chi connectivity index (χ3v) is 2.91. The van der Waals surface area contributed by atoms with Crippen molar-refractivity contribution < 1.29 is 4.39 Å². The lowest BCUT2D eigenvalue weighted by atomic mass is 10.0. The van der Waals surface area contributed by atoms with Crippen molar-refractivity contribution in [2.24, 2.45) is 0 Å². The average Bonchev–Trinajstić information content (AvgIpc) is 2.25. The molecule has 0 unspecified atom stereocenters. The predicted molar refractivity (Wildman–Crippen MR) is 58.3 cm³/mol. The molecule has 1 saturated heterocycles. The molecule has 3 heteroatoms. The van der Waals surface area contributed by atoms with Gasteiger partial charge in [-0.15, -0.1) is 0 Å². The van der Waals surface area contributed by atoms with Gasteiger partial charge >= 0.3 is 0 Å². The average molecular weight is 202 g/mol. The summed E-state index contributed by atoms with van der Waals surface area (Å²) in [6.07, 6.45) is 4.33. The van der Waals surface area contributed by atoms with Gasteiger partial charge < -0.3 is 10.2 Å². The maximum absolute atomic E-state index is 12.1. The van der Waals surface area contributed by atoms with E-state index in [-0.39, 0.29) is 6.67 Å². The molecule has 0 atom stereocenters. The summed E-state index contributed by atoms with van der Waals surface area (Å²) in [5.41, 5.74) is 0. The molecule has 14 heavy (non-hydrogen) atoms. The minimum Gasteiger partial charge on any atom is -0.317 e. The first-order valence-corrected chi connectivity index (χ1v) is 5.89. The lowest BCUT2D eigenvalue weighted by molar-refractivity contribution is 0.156. The van der Waals surface area contributed by atoms with E-state index < -0.39 is 0 Å². The second kappa shape index (κ2) is 7.18. The molecular weight excluding hydrogens is 179 g/mol. The number of piperidine rings is 1. The Balaban J connectivity index is 2.30. The van der Waals surface area contributed by atoms with Crippen molar-refractivity contribution in [2.45, 2.75) is 38.6 Å². The topological polar surface area (TPSA) is 15.3 Å². The Kier molecular flexibility index (Phi) is 6.12. The first-order chi connectivity index (χ1) is 6.88. The van der Waals surface area contributed by atoms with E-state index in [1.165, 1.54) is 19.3 Å². The molecule has 1 heterocycles. The van der Waals surface area contributed by atoms with E-state index in [9.17, 15) is 4.39 Å². The summed E-state index contributed by atoms with van der Waals surface area (Å²) >= 11 is 0. The smallest absolute Gasteiger partial charge is 0.0906 e. The molecule has 0 aromatic carbocycles. The Morgan fingerprint density at radius 1 is 1.29 bits per heavy atom. The third-order valence-electron chi connectivity index (χ3n) is 2.91. The normalized spacial score (nSPS) is 19.1. The van der Waals surface area contributed by atoms with Crippen molar-refractivity contribution >= 4 is 0 Å². The van der Waals surface area contributed by atoms with Crippen LogP contribution in [-0.2, 0) is 0 Å². The monoisotopic (exact) mass is 202 g/mol. The van der Waals surface area contributed by atoms with Gasteiger partial charge in [-0.05, 0) is 45.3 Å². The second-order valence-corrected chi connectivity index (χ2v) is 4.06. The summed E-state index contributed by atoms with van der Waals surface area (Å²) in [4.78, 5) is 2.47. The zero-order valence-corrected chi connectivity index (χ0v) is 9.27. The molecule has 0 radical (unpaired) electrons. The molecule has 0 aromatic rings. The first-order valence-electron chi connectivity index (χ1n) is 5.89. The van der Waals surface area contributed by atoms with Crippen molar-refractivity contribution in [1.82, 2.24) is 10.2 Å². The SMILES string of the molecule is CCCN(CCCF)C1CCNCC1. The summed E-state index contributed by atoms with van der Waals surface area (Å²) in [5.74, 6) is 0. The van der Waals surface area contributed by atoms with Gasteiger partial charge in [0.2, 0.25) is 0 Å². The van der Waals surface area contributed by atoms with Crippen LogP contribution in [0.15, 0.2) is 0 Å². The minimum atomic E-state index is -0.175. The number of nitrogens with one attached hydrogen (secondary N) is 1. The first kappa shape index (κ1) is 11.9. The van der Waals surface area contributed by atoms with Gasteiger partial charge in [-0.25, -0.2) is 0 Å². The third kappa shape index (κ3) is 3.93. The molecule has 2 nitrogen and oxygen atoms in total. The van der Waals surface area contributed by atoms with Gasteiger partial charge in [-0.3, -0.25) is 4.39 Å². The molecule has 0 spiro atoms. The van der Waals surface area contributed by atoms with Crippen molar-refractivity contribution in [3.63, 3.8) is 0 Å². The molecule has 84 valence electrons. The van der Waals surface area contributed by atoms with Crippen LogP contribution in [0.2, 0.25) is 0 Å². The fraction of sp³-hybridized carbons (Fsp3) is 1.00. The van der Waals surface area contributed by atoms with Gasteiger partial charge in [0.1, 0.15) is 0 Å². The molecule has 1 aliphatic rings. The van der Waals surface area contributed by atoms with E-state index >= 15 is 0 Å². The van der Waals surface area contributed by atoms with Gasteiger partial charge in [0.25, 0.3) is 0 Å². The van der Waals surface area contributed by atoms with Crippen LogP contribution >= 0.6 is 0 Å². The number of alkyl halides is 1. The lowest BCUT2D eigenvalue weighted by Crippen LogP contribution is -2.44. The summed E-state index contributed by atoms with van der Waals surface area (Å²) in [6.45, 7) is 6.34. The molecule has 0 bridgehead atoms. The van der Waals surface area contributed by atoms with Crippen molar-refractivity contribution in [3.8, 4) is 0 Å². The van der Waals surface area contributed by atoms with Crippen LogP contribution in [0.5, 0.6) is 0 Å². The molecule has 1 fully saturated rings. The molecule has 0 saturated carbocycles. The highest BCUT2D eigenvalue weighted by Gasteiger charge is 2.19. The van der Waals surface area contributed by atoms with Crippen LogP contribution in [0.1, 0.15) is 32.6 Å². The van der Waals surface area contributed by atoms with Gasteiger partial charge in [0, 0.05) is 12.6 Å². The quantitative estimate of drug-likeness (QED) is 0.706. The maximum atomic E-state index is 12.1.